The Bertz CT molecular complexity index is 161. The molecule has 2 rings (SSSR count). The number of rotatable bonds is 2. The quantitative estimate of drug-likeness (QED) is 0.629. The molecule has 1 aliphatic carbocycles. The van der Waals surface area contributed by atoms with Crippen LogP contribution in [0.15, 0.2) is 12.2 Å². The van der Waals surface area contributed by atoms with Crippen molar-refractivity contribution in [2.45, 2.75) is 37.8 Å². The van der Waals surface area contributed by atoms with Gasteiger partial charge < -0.3 is 10.1 Å². The average molecular weight is 167 g/mol. The van der Waals surface area contributed by atoms with Crippen molar-refractivity contribution in [2.75, 3.05) is 13.2 Å². The molecule has 0 aromatic carbocycles. The third-order valence-corrected chi connectivity index (χ3v) is 2.62. The summed E-state index contributed by atoms with van der Waals surface area (Å²) >= 11 is 0. The smallest absolute Gasteiger partial charge is 0.0619 e. The summed E-state index contributed by atoms with van der Waals surface area (Å²) in [6.45, 7) is 1.86. The Morgan fingerprint density at radius 1 is 1.33 bits per heavy atom. The van der Waals surface area contributed by atoms with Crippen molar-refractivity contribution in [1.29, 1.82) is 0 Å². The molecule has 2 unspecified atom stereocenters. The van der Waals surface area contributed by atoms with E-state index in [4.69, 9.17) is 4.74 Å². The van der Waals surface area contributed by atoms with E-state index in [0.717, 1.165) is 13.2 Å². The maximum absolute atomic E-state index is 5.41. The maximum Gasteiger partial charge on any atom is 0.0619 e. The van der Waals surface area contributed by atoms with Gasteiger partial charge in [-0.05, 0) is 25.7 Å². The van der Waals surface area contributed by atoms with E-state index in [0.29, 0.717) is 12.1 Å². The van der Waals surface area contributed by atoms with E-state index in [-0.39, 0.29) is 0 Å². The fraction of sp³-hybridized carbons (Fsp3) is 0.800. The third kappa shape index (κ3) is 2.08. The largest absolute Gasteiger partial charge is 0.380 e. The van der Waals surface area contributed by atoms with E-state index in [9.17, 15) is 0 Å². The van der Waals surface area contributed by atoms with Crippen LogP contribution in [0.2, 0.25) is 0 Å². The minimum atomic E-state index is 0.603. The molecule has 2 heteroatoms. The minimum Gasteiger partial charge on any atom is -0.380 e. The van der Waals surface area contributed by atoms with Crippen molar-refractivity contribution in [3.05, 3.63) is 12.2 Å². The van der Waals surface area contributed by atoms with Crippen LogP contribution < -0.4 is 5.32 Å². The molecule has 2 atom stereocenters. The Labute approximate surface area is 74.0 Å². The fourth-order valence-corrected chi connectivity index (χ4v) is 1.95. The Hall–Kier alpha value is -0.340. The van der Waals surface area contributed by atoms with Crippen LogP contribution in [0.3, 0.4) is 0 Å². The van der Waals surface area contributed by atoms with E-state index in [1.54, 1.807) is 0 Å². The first-order valence-corrected chi connectivity index (χ1v) is 4.95. The van der Waals surface area contributed by atoms with Crippen LogP contribution in [-0.4, -0.2) is 25.3 Å². The average Bonchev–Trinajstić information content (AvgIpc) is 2.59. The zero-order valence-electron chi connectivity index (χ0n) is 7.46. The van der Waals surface area contributed by atoms with Gasteiger partial charge >= 0.3 is 0 Å². The van der Waals surface area contributed by atoms with Crippen LogP contribution in [0.4, 0.5) is 0 Å². The van der Waals surface area contributed by atoms with Gasteiger partial charge in [-0.25, -0.2) is 0 Å². The van der Waals surface area contributed by atoms with Gasteiger partial charge in [0.05, 0.1) is 6.61 Å². The second kappa shape index (κ2) is 4.06. The van der Waals surface area contributed by atoms with Gasteiger partial charge in [-0.2, -0.15) is 0 Å². The summed E-state index contributed by atoms with van der Waals surface area (Å²) in [5.41, 5.74) is 0. The fourth-order valence-electron chi connectivity index (χ4n) is 1.95. The van der Waals surface area contributed by atoms with Gasteiger partial charge in [0.2, 0.25) is 0 Å². The first-order valence-electron chi connectivity index (χ1n) is 4.95. The van der Waals surface area contributed by atoms with Crippen LogP contribution in [-0.2, 0) is 4.74 Å². The van der Waals surface area contributed by atoms with Gasteiger partial charge in [0, 0.05) is 18.7 Å². The van der Waals surface area contributed by atoms with E-state index >= 15 is 0 Å². The minimum absolute atomic E-state index is 0.603. The third-order valence-electron chi connectivity index (χ3n) is 2.62. The van der Waals surface area contributed by atoms with Crippen molar-refractivity contribution in [3.63, 3.8) is 0 Å². The summed E-state index contributed by atoms with van der Waals surface area (Å²) in [6, 6.07) is 1.23. The molecule has 2 aliphatic rings. The molecule has 2 nitrogen and oxygen atoms in total. The van der Waals surface area contributed by atoms with E-state index in [1.807, 2.05) is 0 Å². The van der Waals surface area contributed by atoms with Crippen LogP contribution in [0.1, 0.15) is 25.7 Å². The van der Waals surface area contributed by atoms with Crippen LogP contribution >= 0.6 is 0 Å². The van der Waals surface area contributed by atoms with Crippen molar-refractivity contribution in [2.24, 2.45) is 0 Å². The highest BCUT2D eigenvalue weighted by Crippen LogP contribution is 2.13. The molecule has 0 saturated carbocycles. The summed E-state index contributed by atoms with van der Waals surface area (Å²) in [5, 5.41) is 3.61. The van der Waals surface area contributed by atoms with Crippen molar-refractivity contribution in [3.8, 4) is 0 Å². The molecule has 1 saturated heterocycles. The first-order chi connectivity index (χ1) is 5.95. The highest BCUT2D eigenvalue weighted by atomic mass is 16.5. The Morgan fingerprint density at radius 2 is 2.33 bits per heavy atom. The van der Waals surface area contributed by atoms with Gasteiger partial charge in [0.25, 0.3) is 0 Å². The maximum atomic E-state index is 5.41. The molecule has 1 heterocycles. The van der Waals surface area contributed by atoms with Gasteiger partial charge in [-0.1, -0.05) is 12.2 Å². The zero-order chi connectivity index (χ0) is 8.23. The lowest BCUT2D eigenvalue weighted by Crippen LogP contribution is -2.41. The molecule has 1 aliphatic heterocycles. The standard InChI is InChI=1S/C10H17NO/c1-2-5-9(4-1)11-10-6-3-7-12-8-10/h1,4,9-11H,2-3,5-8H2. The van der Waals surface area contributed by atoms with Crippen LogP contribution in [0, 0.1) is 0 Å². The van der Waals surface area contributed by atoms with Gasteiger partial charge in [-0.15, -0.1) is 0 Å². The normalized spacial score (nSPS) is 35.7. The molecule has 12 heavy (non-hydrogen) atoms. The Kier molecular flexibility index (Phi) is 2.79. The summed E-state index contributed by atoms with van der Waals surface area (Å²) in [4.78, 5) is 0. The summed E-state index contributed by atoms with van der Waals surface area (Å²) in [7, 11) is 0. The highest BCUT2D eigenvalue weighted by Gasteiger charge is 2.17. The second-order valence-corrected chi connectivity index (χ2v) is 3.69. The van der Waals surface area contributed by atoms with E-state index < -0.39 is 0 Å². The lowest BCUT2D eigenvalue weighted by molar-refractivity contribution is 0.0682. The molecular weight excluding hydrogens is 150 g/mol. The number of hydrogen-bond donors (Lipinski definition) is 1. The second-order valence-electron chi connectivity index (χ2n) is 3.69. The zero-order valence-corrected chi connectivity index (χ0v) is 7.46. The molecule has 1 N–H and O–H groups in total. The molecule has 68 valence electrons. The van der Waals surface area contributed by atoms with Crippen LogP contribution in [0.5, 0.6) is 0 Å². The topological polar surface area (TPSA) is 21.3 Å². The van der Waals surface area contributed by atoms with E-state index in [2.05, 4.69) is 17.5 Å². The molecule has 0 radical (unpaired) electrons. The highest BCUT2D eigenvalue weighted by molar-refractivity contribution is 5.01. The van der Waals surface area contributed by atoms with Gasteiger partial charge in [0.1, 0.15) is 0 Å². The van der Waals surface area contributed by atoms with Crippen LogP contribution in [0.25, 0.3) is 0 Å². The molecule has 0 aromatic heterocycles. The number of allylic oxidation sites excluding steroid dienone is 1. The predicted molar refractivity (Wildman–Crippen MR) is 49.1 cm³/mol. The van der Waals surface area contributed by atoms with Gasteiger partial charge in [0.15, 0.2) is 0 Å². The van der Waals surface area contributed by atoms with E-state index in [1.165, 1.54) is 25.7 Å². The SMILES string of the molecule is C1=CC(NC2CCCOC2)CC1. The molecule has 0 spiro atoms. The van der Waals surface area contributed by atoms with Crippen molar-refractivity contribution < 1.29 is 4.74 Å². The lowest BCUT2D eigenvalue weighted by atomic mass is 10.1. The lowest BCUT2D eigenvalue weighted by Gasteiger charge is -2.25. The molecule has 0 amide bonds. The summed E-state index contributed by atoms with van der Waals surface area (Å²) < 4.78 is 5.41. The molecule has 0 aromatic rings. The summed E-state index contributed by atoms with van der Waals surface area (Å²) in [6.07, 6.45) is 9.57. The first kappa shape index (κ1) is 8.27. The number of nitrogens with one attached hydrogen (secondary N) is 1. The summed E-state index contributed by atoms with van der Waals surface area (Å²) in [5.74, 6) is 0. The monoisotopic (exact) mass is 167 g/mol. The molecule has 1 fully saturated rings. The molecular formula is C10H17NO. The van der Waals surface area contributed by atoms with Crippen molar-refractivity contribution >= 4 is 0 Å². The Morgan fingerprint density at radius 3 is 3.00 bits per heavy atom. The number of hydrogen-bond acceptors (Lipinski definition) is 2. The van der Waals surface area contributed by atoms with Gasteiger partial charge in [-0.3, -0.25) is 0 Å². The Balaban J connectivity index is 1.73. The predicted octanol–water partition coefficient (Wildman–Crippen LogP) is 1.47. The van der Waals surface area contributed by atoms with Crippen molar-refractivity contribution in [1.82, 2.24) is 5.32 Å². The molecule has 0 bridgehead atoms. The number of ether oxygens (including phenoxy) is 1.